The first-order chi connectivity index (χ1) is 14.2. The Bertz CT molecular complexity index is 845. The molecule has 0 aliphatic carbocycles. The van der Waals surface area contributed by atoms with Crippen LogP contribution in [-0.4, -0.2) is 52.7 Å². The summed E-state index contributed by atoms with van der Waals surface area (Å²) in [4.78, 5) is 25.3. The van der Waals surface area contributed by atoms with Crippen LogP contribution in [0.5, 0.6) is 5.75 Å². The lowest BCUT2D eigenvalue weighted by Crippen LogP contribution is -2.57. The molecule has 8 heteroatoms. The maximum atomic E-state index is 12.7. The highest BCUT2D eigenvalue weighted by Gasteiger charge is 2.51. The zero-order valence-electron chi connectivity index (χ0n) is 17.3. The number of amides is 1. The lowest BCUT2D eigenvalue weighted by molar-refractivity contribution is -0.189. The Kier molecular flexibility index (Phi) is 5.72. The van der Waals surface area contributed by atoms with Gasteiger partial charge in [-0.2, -0.15) is 0 Å². The molecule has 3 N–H and O–H groups in total. The Balaban J connectivity index is 1.49. The van der Waals surface area contributed by atoms with E-state index in [1.165, 1.54) is 0 Å². The first-order valence-corrected chi connectivity index (χ1v) is 10.9. The Morgan fingerprint density at radius 2 is 2.17 bits per heavy atom. The van der Waals surface area contributed by atoms with Gasteiger partial charge in [0.2, 0.25) is 5.91 Å². The summed E-state index contributed by atoms with van der Waals surface area (Å²) in [7, 11) is 0. The molecule has 1 aromatic carbocycles. The SMILES string of the molecule is CC1(C)Oc2ccc(Cl)cc2[C@H]2O[C@H]3CCN(C(=O)[C@@H](N)CCC(=O)O)C[C@H]3C[C@@H]21. The topological polar surface area (TPSA) is 102 Å². The smallest absolute Gasteiger partial charge is 0.303 e. The Hall–Kier alpha value is -1.83. The van der Waals surface area contributed by atoms with Gasteiger partial charge in [-0.3, -0.25) is 9.59 Å². The van der Waals surface area contributed by atoms with Gasteiger partial charge in [0, 0.05) is 41.9 Å². The summed E-state index contributed by atoms with van der Waals surface area (Å²) < 4.78 is 12.9. The van der Waals surface area contributed by atoms with E-state index in [0.29, 0.717) is 18.1 Å². The molecule has 0 spiro atoms. The van der Waals surface area contributed by atoms with Gasteiger partial charge in [0.15, 0.2) is 0 Å². The minimum atomic E-state index is -0.941. The highest BCUT2D eigenvalue weighted by Crippen LogP contribution is 2.53. The Morgan fingerprint density at radius 1 is 1.40 bits per heavy atom. The molecule has 0 bridgehead atoms. The molecule has 4 rings (SSSR count). The third kappa shape index (κ3) is 4.03. The van der Waals surface area contributed by atoms with Gasteiger partial charge in [-0.05, 0) is 51.3 Å². The second kappa shape index (κ2) is 8.02. The Labute approximate surface area is 181 Å². The van der Waals surface area contributed by atoms with Gasteiger partial charge in [-0.15, -0.1) is 0 Å². The van der Waals surface area contributed by atoms with E-state index in [2.05, 4.69) is 13.8 Å². The molecule has 3 heterocycles. The maximum Gasteiger partial charge on any atom is 0.303 e. The van der Waals surface area contributed by atoms with Gasteiger partial charge in [-0.25, -0.2) is 0 Å². The quantitative estimate of drug-likeness (QED) is 0.752. The average molecular weight is 437 g/mol. The van der Waals surface area contributed by atoms with Crippen LogP contribution in [0.4, 0.5) is 0 Å². The van der Waals surface area contributed by atoms with Gasteiger partial charge in [0.1, 0.15) is 11.4 Å². The third-order valence-corrected chi connectivity index (χ3v) is 6.99. The molecule has 1 amide bonds. The van der Waals surface area contributed by atoms with Crippen molar-refractivity contribution >= 4 is 23.5 Å². The molecular weight excluding hydrogens is 408 g/mol. The monoisotopic (exact) mass is 436 g/mol. The molecule has 0 saturated carbocycles. The van der Waals surface area contributed by atoms with Crippen molar-refractivity contribution in [2.45, 2.75) is 63.4 Å². The average Bonchev–Trinajstić information content (AvgIpc) is 2.70. The van der Waals surface area contributed by atoms with Crippen LogP contribution >= 0.6 is 11.6 Å². The minimum Gasteiger partial charge on any atom is -0.487 e. The van der Waals surface area contributed by atoms with E-state index < -0.39 is 17.6 Å². The highest BCUT2D eigenvalue weighted by molar-refractivity contribution is 6.30. The molecule has 164 valence electrons. The van der Waals surface area contributed by atoms with Crippen molar-refractivity contribution in [2.75, 3.05) is 13.1 Å². The molecule has 3 aliphatic rings. The van der Waals surface area contributed by atoms with Crippen molar-refractivity contribution in [2.24, 2.45) is 17.6 Å². The number of carbonyl (C=O) groups is 2. The minimum absolute atomic E-state index is 0.0614. The van der Waals surface area contributed by atoms with E-state index in [-0.39, 0.29) is 42.8 Å². The van der Waals surface area contributed by atoms with Crippen LogP contribution in [0.3, 0.4) is 0 Å². The number of likely N-dealkylation sites (tertiary alicyclic amines) is 1. The zero-order chi connectivity index (χ0) is 21.6. The van der Waals surface area contributed by atoms with Crippen molar-refractivity contribution in [3.63, 3.8) is 0 Å². The van der Waals surface area contributed by atoms with Crippen molar-refractivity contribution in [3.8, 4) is 5.75 Å². The fraction of sp³-hybridized carbons (Fsp3) is 0.636. The van der Waals surface area contributed by atoms with Crippen molar-refractivity contribution in [1.29, 1.82) is 0 Å². The summed E-state index contributed by atoms with van der Waals surface area (Å²) >= 11 is 6.24. The normalized spacial score (nSPS) is 30.3. The molecule has 0 unspecified atom stereocenters. The summed E-state index contributed by atoms with van der Waals surface area (Å²) in [5.41, 5.74) is 6.56. The molecule has 7 nitrogen and oxygen atoms in total. The second-order valence-corrected chi connectivity index (χ2v) is 9.63. The fourth-order valence-corrected chi connectivity index (χ4v) is 5.30. The molecule has 2 fully saturated rings. The van der Waals surface area contributed by atoms with Crippen LogP contribution in [0.2, 0.25) is 5.02 Å². The van der Waals surface area contributed by atoms with Crippen molar-refractivity contribution < 1.29 is 24.2 Å². The number of carbonyl (C=O) groups excluding carboxylic acids is 1. The highest BCUT2D eigenvalue weighted by atomic mass is 35.5. The molecular formula is C22H29ClN2O5. The standard InChI is InChI=1S/C22H29ClN2O5/c1-22(2)15-9-12-11-25(21(28)16(24)4-6-19(26)27)8-7-17(12)29-20(15)14-10-13(23)3-5-18(14)30-22/h3,5,10,12,15-17,20H,4,6-9,11,24H2,1-2H3,(H,26,27)/t12-,15+,16+,17+,20-/m1/s1. The van der Waals surface area contributed by atoms with E-state index in [9.17, 15) is 9.59 Å². The lowest BCUT2D eigenvalue weighted by Gasteiger charge is -2.53. The van der Waals surface area contributed by atoms with Crippen molar-refractivity contribution in [1.82, 2.24) is 4.90 Å². The Morgan fingerprint density at radius 3 is 2.90 bits per heavy atom. The van der Waals surface area contributed by atoms with E-state index in [1.54, 1.807) is 4.90 Å². The van der Waals surface area contributed by atoms with E-state index >= 15 is 0 Å². The number of rotatable bonds is 4. The zero-order valence-corrected chi connectivity index (χ0v) is 18.1. The van der Waals surface area contributed by atoms with Gasteiger partial charge in [-0.1, -0.05) is 11.6 Å². The molecule has 2 saturated heterocycles. The number of carboxylic acid groups (broad SMARTS) is 1. The van der Waals surface area contributed by atoms with Crippen LogP contribution in [0.15, 0.2) is 18.2 Å². The summed E-state index contributed by atoms with van der Waals surface area (Å²) in [6, 6.07) is 4.90. The van der Waals surface area contributed by atoms with Gasteiger partial charge >= 0.3 is 5.97 Å². The molecule has 1 aromatic rings. The predicted molar refractivity (Wildman–Crippen MR) is 111 cm³/mol. The number of nitrogens with two attached hydrogens (primary N) is 1. The first kappa shape index (κ1) is 21.4. The number of nitrogens with zero attached hydrogens (tertiary/aromatic N) is 1. The number of aliphatic carboxylic acids is 1. The number of benzene rings is 1. The molecule has 0 radical (unpaired) electrons. The third-order valence-electron chi connectivity index (χ3n) is 6.75. The van der Waals surface area contributed by atoms with E-state index in [4.69, 9.17) is 31.9 Å². The molecule has 30 heavy (non-hydrogen) atoms. The van der Waals surface area contributed by atoms with Gasteiger partial charge in [0.25, 0.3) is 0 Å². The van der Waals surface area contributed by atoms with Gasteiger partial charge in [0.05, 0.1) is 18.2 Å². The lowest BCUT2D eigenvalue weighted by atomic mass is 9.70. The van der Waals surface area contributed by atoms with Crippen LogP contribution in [-0.2, 0) is 14.3 Å². The van der Waals surface area contributed by atoms with E-state index in [1.807, 2.05) is 18.2 Å². The summed E-state index contributed by atoms with van der Waals surface area (Å²) in [5.74, 6) is 0.0394. The number of ether oxygens (including phenoxy) is 2. The second-order valence-electron chi connectivity index (χ2n) is 9.20. The first-order valence-electron chi connectivity index (χ1n) is 10.6. The number of carboxylic acids is 1. The summed E-state index contributed by atoms with van der Waals surface area (Å²) in [6.07, 6.45) is 1.64. The number of hydrogen-bond acceptors (Lipinski definition) is 5. The van der Waals surface area contributed by atoms with Crippen molar-refractivity contribution in [3.05, 3.63) is 28.8 Å². The fourth-order valence-electron chi connectivity index (χ4n) is 5.12. The molecule has 5 atom stereocenters. The number of hydrogen-bond donors (Lipinski definition) is 2. The largest absolute Gasteiger partial charge is 0.487 e. The number of fused-ring (bicyclic) bond motifs is 4. The van der Waals surface area contributed by atoms with Crippen LogP contribution in [0.1, 0.15) is 51.2 Å². The number of halogens is 1. The maximum absolute atomic E-state index is 12.7. The number of piperidine rings is 1. The summed E-state index contributed by atoms with van der Waals surface area (Å²) in [6.45, 7) is 5.31. The van der Waals surface area contributed by atoms with Crippen LogP contribution in [0, 0.1) is 11.8 Å². The molecule has 0 aromatic heterocycles. The van der Waals surface area contributed by atoms with Crippen LogP contribution in [0.25, 0.3) is 0 Å². The van der Waals surface area contributed by atoms with Crippen LogP contribution < -0.4 is 10.5 Å². The predicted octanol–water partition coefficient (Wildman–Crippen LogP) is 3.00. The van der Waals surface area contributed by atoms with Gasteiger partial charge < -0.3 is 25.2 Å². The van der Waals surface area contributed by atoms with E-state index in [0.717, 1.165) is 24.2 Å². The summed E-state index contributed by atoms with van der Waals surface area (Å²) in [5, 5.41) is 9.50. The molecule has 3 aliphatic heterocycles.